The number of ether oxygens (including phenoxy) is 1. The molecule has 2 aromatic rings. The second-order valence-electron chi connectivity index (χ2n) is 7.64. The Morgan fingerprint density at radius 1 is 1.06 bits per heavy atom. The summed E-state index contributed by atoms with van der Waals surface area (Å²) in [7, 11) is 0. The molecule has 1 heterocycles. The van der Waals surface area contributed by atoms with Crippen LogP contribution in [0.4, 0.5) is 5.69 Å². The lowest BCUT2D eigenvalue weighted by Gasteiger charge is -2.21. The number of fused-ring (bicyclic) bond motifs is 1. The van der Waals surface area contributed by atoms with Crippen LogP contribution in [-0.4, -0.2) is 47.9 Å². The standard InChI is InChI=1S/C20H25ClN2O.C4H6O4/c1-15(13-24-14-16-5-3-2-4-6-16)23-20-18-10-12-22-11-9-17(18)7-8-19(20)21;5-3(6)1-2-4(7)8/h2-8,15,22-23H,9-14H2,1H3;1-2H2,(H,5,6)(H,7,8)/t15-;/m1./s1. The summed E-state index contributed by atoms with van der Waals surface area (Å²) in [6, 6.07) is 14.6. The third kappa shape index (κ3) is 9.26. The molecule has 0 radical (unpaired) electrons. The van der Waals surface area contributed by atoms with Crippen LogP contribution in [0.3, 0.4) is 0 Å². The van der Waals surface area contributed by atoms with Crippen molar-refractivity contribution in [3.63, 3.8) is 0 Å². The zero-order chi connectivity index (χ0) is 23.3. The van der Waals surface area contributed by atoms with Crippen LogP contribution in [0, 0.1) is 0 Å². The number of hydrogen-bond acceptors (Lipinski definition) is 5. The number of anilines is 1. The highest BCUT2D eigenvalue weighted by atomic mass is 35.5. The molecular formula is C24H31ClN2O5. The average Bonchev–Trinajstić information content (AvgIpc) is 3.01. The Bertz CT molecular complexity index is 862. The molecule has 1 aliphatic rings. The smallest absolute Gasteiger partial charge is 0.303 e. The van der Waals surface area contributed by atoms with E-state index in [1.807, 2.05) is 24.3 Å². The van der Waals surface area contributed by atoms with Crippen LogP contribution in [0.25, 0.3) is 0 Å². The van der Waals surface area contributed by atoms with Gasteiger partial charge in [0, 0.05) is 6.04 Å². The van der Waals surface area contributed by atoms with E-state index in [2.05, 4.69) is 35.8 Å². The van der Waals surface area contributed by atoms with Crippen molar-refractivity contribution in [1.82, 2.24) is 5.32 Å². The van der Waals surface area contributed by atoms with E-state index in [0.717, 1.165) is 36.6 Å². The molecule has 174 valence electrons. The fraction of sp³-hybridized carbons (Fsp3) is 0.417. The molecule has 0 aromatic heterocycles. The number of benzene rings is 2. The number of nitrogens with one attached hydrogen (secondary N) is 2. The number of rotatable bonds is 9. The van der Waals surface area contributed by atoms with Crippen molar-refractivity contribution in [2.75, 3.05) is 25.0 Å². The van der Waals surface area contributed by atoms with Gasteiger partial charge in [-0.25, -0.2) is 0 Å². The Labute approximate surface area is 193 Å². The van der Waals surface area contributed by atoms with E-state index in [0.29, 0.717) is 13.2 Å². The highest BCUT2D eigenvalue weighted by Crippen LogP contribution is 2.31. The van der Waals surface area contributed by atoms with Crippen molar-refractivity contribution in [3.8, 4) is 0 Å². The molecule has 8 heteroatoms. The van der Waals surface area contributed by atoms with Gasteiger partial charge in [0.2, 0.25) is 0 Å². The molecule has 1 atom stereocenters. The van der Waals surface area contributed by atoms with Crippen LogP contribution in [0.1, 0.15) is 36.5 Å². The van der Waals surface area contributed by atoms with Crippen LogP contribution in [0.15, 0.2) is 42.5 Å². The number of aliphatic carboxylic acids is 2. The molecule has 2 aromatic carbocycles. The third-order valence-corrected chi connectivity index (χ3v) is 5.22. The first-order chi connectivity index (χ1) is 15.4. The topological polar surface area (TPSA) is 108 Å². The lowest BCUT2D eigenvalue weighted by molar-refractivity contribution is -0.143. The summed E-state index contributed by atoms with van der Waals surface area (Å²) < 4.78 is 5.84. The van der Waals surface area contributed by atoms with Gasteiger partial charge in [0.25, 0.3) is 0 Å². The van der Waals surface area contributed by atoms with Crippen molar-refractivity contribution < 1.29 is 24.5 Å². The molecule has 0 saturated heterocycles. The van der Waals surface area contributed by atoms with Crippen molar-refractivity contribution in [1.29, 1.82) is 0 Å². The van der Waals surface area contributed by atoms with E-state index in [9.17, 15) is 9.59 Å². The van der Waals surface area contributed by atoms with Crippen molar-refractivity contribution in [2.24, 2.45) is 0 Å². The Kier molecular flexibility index (Phi) is 11.0. The van der Waals surface area contributed by atoms with Gasteiger partial charge in [-0.15, -0.1) is 0 Å². The summed E-state index contributed by atoms with van der Waals surface area (Å²) >= 11 is 6.46. The summed E-state index contributed by atoms with van der Waals surface area (Å²) in [6.07, 6.45) is 1.47. The lowest BCUT2D eigenvalue weighted by Crippen LogP contribution is -2.23. The fourth-order valence-corrected chi connectivity index (χ4v) is 3.56. The molecule has 32 heavy (non-hydrogen) atoms. The number of halogens is 1. The van der Waals surface area contributed by atoms with E-state index >= 15 is 0 Å². The minimum atomic E-state index is -1.08. The maximum atomic E-state index is 9.64. The van der Waals surface area contributed by atoms with Gasteiger partial charge in [-0.2, -0.15) is 0 Å². The zero-order valence-corrected chi connectivity index (χ0v) is 19.0. The fourth-order valence-electron chi connectivity index (χ4n) is 3.33. The Morgan fingerprint density at radius 2 is 1.72 bits per heavy atom. The Balaban J connectivity index is 0.000000390. The van der Waals surface area contributed by atoms with Crippen LogP contribution in [0.2, 0.25) is 5.02 Å². The Morgan fingerprint density at radius 3 is 2.38 bits per heavy atom. The molecule has 1 aliphatic heterocycles. The van der Waals surface area contributed by atoms with Gasteiger partial charge in [0.05, 0.1) is 36.8 Å². The van der Waals surface area contributed by atoms with Crippen LogP contribution in [0.5, 0.6) is 0 Å². The quantitative estimate of drug-likeness (QED) is 0.446. The molecule has 0 fully saturated rings. The predicted molar refractivity (Wildman–Crippen MR) is 125 cm³/mol. The van der Waals surface area contributed by atoms with Crippen molar-refractivity contribution in [3.05, 3.63) is 64.2 Å². The van der Waals surface area contributed by atoms with E-state index in [1.165, 1.54) is 16.7 Å². The van der Waals surface area contributed by atoms with E-state index < -0.39 is 11.9 Å². The Hall–Kier alpha value is -2.61. The van der Waals surface area contributed by atoms with Gasteiger partial charge in [-0.05, 0) is 55.6 Å². The molecule has 0 amide bonds. The van der Waals surface area contributed by atoms with Crippen LogP contribution >= 0.6 is 11.6 Å². The lowest BCUT2D eigenvalue weighted by atomic mass is 10.0. The number of hydrogen-bond donors (Lipinski definition) is 4. The highest BCUT2D eigenvalue weighted by molar-refractivity contribution is 6.33. The summed E-state index contributed by atoms with van der Waals surface area (Å²) in [5.74, 6) is -2.15. The second kappa shape index (κ2) is 13.7. The van der Waals surface area contributed by atoms with Gasteiger partial charge in [0.15, 0.2) is 0 Å². The minimum Gasteiger partial charge on any atom is -0.481 e. The maximum absolute atomic E-state index is 9.64. The molecular weight excluding hydrogens is 432 g/mol. The molecule has 7 nitrogen and oxygen atoms in total. The van der Waals surface area contributed by atoms with Gasteiger partial charge in [-0.3, -0.25) is 9.59 Å². The maximum Gasteiger partial charge on any atom is 0.303 e. The first-order valence-corrected chi connectivity index (χ1v) is 11.1. The summed E-state index contributed by atoms with van der Waals surface area (Å²) in [5, 5.41) is 23.6. The number of carbonyl (C=O) groups is 2. The van der Waals surface area contributed by atoms with Gasteiger partial charge in [0.1, 0.15) is 0 Å². The van der Waals surface area contributed by atoms with E-state index in [-0.39, 0.29) is 18.9 Å². The highest BCUT2D eigenvalue weighted by Gasteiger charge is 2.16. The van der Waals surface area contributed by atoms with Crippen molar-refractivity contribution >= 4 is 29.2 Å². The molecule has 0 unspecified atom stereocenters. The number of carboxylic acid groups (broad SMARTS) is 2. The van der Waals surface area contributed by atoms with Gasteiger partial charge in [-0.1, -0.05) is 48.0 Å². The van der Waals surface area contributed by atoms with Crippen LogP contribution < -0.4 is 10.6 Å². The summed E-state index contributed by atoms with van der Waals surface area (Å²) in [6.45, 7) is 5.45. The van der Waals surface area contributed by atoms with E-state index in [4.69, 9.17) is 26.6 Å². The summed E-state index contributed by atoms with van der Waals surface area (Å²) in [5.41, 5.74) is 5.02. The molecule has 3 rings (SSSR count). The molecule has 0 aliphatic carbocycles. The van der Waals surface area contributed by atoms with E-state index in [1.54, 1.807) is 0 Å². The van der Waals surface area contributed by atoms with Gasteiger partial charge >= 0.3 is 11.9 Å². The normalized spacial score (nSPS) is 13.7. The van der Waals surface area contributed by atoms with Gasteiger partial charge < -0.3 is 25.6 Å². The third-order valence-electron chi connectivity index (χ3n) is 4.90. The average molecular weight is 463 g/mol. The predicted octanol–water partition coefficient (Wildman–Crippen LogP) is 3.98. The minimum absolute atomic E-state index is 0.203. The van der Waals surface area contributed by atoms with Crippen LogP contribution in [-0.2, 0) is 33.8 Å². The zero-order valence-electron chi connectivity index (χ0n) is 18.3. The monoisotopic (exact) mass is 462 g/mol. The molecule has 0 saturated carbocycles. The second-order valence-corrected chi connectivity index (χ2v) is 8.05. The number of carboxylic acids is 2. The first kappa shape index (κ1) is 25.6. The SMILES string of the molecule is C[C@H](COCc1ccccc1)Nc1c(Cl)ccc2c1CCNCC2.O=C(O)CCC(=O)O. The molecule has 0 spiro atoms. The molecule has 4 N–H and O–H groups in total. The van der Waals surface area contributed by atoms with Crippen molar-refractivity contribution in [2.45, 2.75) is 45.3 Å². The first-order valence-electron chi connectivity index (χ1n) is 10.7. The largest absolute Gasteiger partial charge is 0.481 e. The summed E-state index contributed by atoms with van der Waals surface area (Å²) in [4.78, 5) is 19.3. The molecule has 0 bridgehead atoms.